The third-order valence-corrected chi connectivity index (χ3v) is 6.85. The number of fused-ring (bicyclic) bond motifs is 2. The second-order valence-electron chi connectivity index (χ2n) is 8.45. The second-order valence-corrected chi connectivity index (χ2v) is 8.45. The Hall–Kier alpha value is -1.81. The van der Waals surface area contributed by atoms with Gasteiger partial charge in [-0.05, 0) is 62.1 Å². The number of hydrogen-bond donors (Lipinski definition) is 0. The van der Waals surface area contributed by atoms with E-state index in [1.807, 2.05) is 0 Å². The number of aromatic nitrogens is 2. The van der Waals surface area contributed by atoms with E-state index in [0.717, 1.165) is 30.3 Å². The van der Waals surface area contributed by atoms with E-state index in [0.29, 0.717) is 5.92 Å². The van der Waals surface area contributed by atoms with Gasteiger partial charge in [-0.1, -0.05) is 12.1 Å². The quantitative estimate of drug-likeness (QED) is 0.808. The molecule has 26 heavy (non-hydrogen) atoms. The molecule has 4 heteroatoms. The van der Waals surface area contributed by atoms with Gasteiger partial charge in [-0.3, -0.25) is 9.58 Å². The van der Waals surface area contributed by atoms with E-state index >= 15 is 0 Å². The number of hydrogen-bond acceptors (Lipinski definition) is 3. The van der Waals surface area contributed by atoms with Gasteiger partial charge < -0.3 is 4.74 Å². The van der Waals surface area contributed by atoms with Gasteiger partial charge >= 0.3 is 0 Å². The fourth-order valence-corrected chi connectivity index (χ4v) is 5.37. The molecule has 3 heterocycles. The number of ether oxygens (including phenoxy) is 1. The van der Waals surface area contributed by atoms with Crippen molar-refractivity contribution in [2.24, 2.45) is 7.05 Å². The first-order valence-corrected chi connectivity index (χ1v) is 10.1. The summed E-state index contributed by atoms with van der Waals surface area (Å²) in [6.07, 6.45) is 10.1. The topological polar surface area (TPSA) is 30.3 Å². The minimum absolute atomic E-state index is 0.700. The molecule has 2 aliphatic heterocycles. The molecular weight excluding hydrogens is 322 g/mol. The molecule has 3 atom stereocenters. The Balaban J connectivity index is 1.31. The van der Waals surface area contributed by atoms with Gasteiger partial charge in [0.05, 0.1) is 13.3 Å². The lowest BCUT2D eigenvalue weighted by atomic mass is 9.85. The van der Waals surface area contributed by atoms with Crippen molar-refractivity contribution in [3.8, 4) is 5.75 Å². The zero-order chi connectivity index (χ0) is 17.7. The first kappa shape index (κ1) is 16.4. The average molecular weight is 351 g/mol. The highest BCUT2D eigenvalue weighted by Crippen LogP contribution is 2.46. The first-order chi connectivity index (χ1) is 12.7. The summed E-state index contributed by atoms with van der Waals surface area (Å²) in [7, 11) is 3.85. The Morgan fingerprint density at radius 3 is 2.31 bits per heavy atom. The lowest BCUT2D eigenvalue weighted by molar-refractivity contribution is 0.118. The van der Waals surface area contributed by atoms with Crippen LogP contribution in [0.5, 0.6) is 5.75 Å². The maximum Gasteiger partial charge on any atom is 0.118 e. The summed E-state index contributed by atoms with van der Waals surface area (Å²) in [6, 6.07) is 10.2. The molecule has 5 rings (SSSR count). The van der Waals surface area contributed by atoms with Crippen LogP contribution < -0.4 is 4.74 Å². The monoisotopic (exact) mass is 351 g/mol. The van der Waals surface area contributed by atoms with Crippen LogP contribution in [0.1, 0.15) is 67.2 Å². The van der Waals surface area contributed by atoms with Crippen molar-refractivity contribution < 1.29 is 4.74 Å². The van der Waals surface area contributed by atoms with Gasteiger partial charge in [0.25, 0.3) is 0 Å². The molecule has 3 fully saturated rings. The average Bonchev–Trinajstić information content (AvgIpc) is 3.40. The zero-order valence-corrected chi connectivity index (χ0v) is 15.9. The minimum Gasteiger partial charge on any atom is -0.497 e. The molecule has 1 unspecified atom stereocenters. The van der Waals surface area contributed by atoms with Crippen molar-refractivity contribution in [2.75, 3.05) is 7.11 Å². The van der Waals surface area contributed by atoms with Gasteiger partial charge in [0.1, 0.15) is 5.75 Å². The molecule has 0 spiro atoms. The van der Waals surface area contributed by atoms with Crippen LogP contribution in [0, 0.1) is 0 Å². The number of piperidine rings is 1. The fraction of sp³-hybridized carbons (Fsp3) is 0.591. The van der Waals surface area contributed by atoms with Crippen molar-refractivity contribution in [2.45, 2.75) is 69.0 Å². The summed E-state index contributed by atoms with van der Waals surface area (Å²) in [5.41, 5.74) is 4.47. The molecule has 0 amide bonds. The Labute approximate surface area is 156 Å². The molecule has 1 aromatic heterocycles. The van der Waals surface area contributed by atoms with E-state index < -0.39 is 0 Å². The summed E-state index contributed by atoms with van der Waals surface area (Å²) in [6.45, 7) is 1.10. The standard InChI is InChI=1S/C22H29N3O/c1-24-22(16-3-4-16)18(13-23-24)14-25-19-7-8-20(25)12-17(11-19)15-5-9-21(26-2)10-6-15/h5-6,9-10,13,16-17,19-20H,3-4,7-8,11-12,14H2,1-2H3/t17?,19-,20+. The third kappa shape index (κ3) is 2.84. The molecule has 2 saturated heterocycles. The summed E-state index contributed by atoms with van der Waals surface area (Å²) in [5, 5.41) is 4.57. The van der Waals surface area contributed by atoms with E-state index in [2.05, 4.69) is 52.2 Å². The molecule has 1 aromatic carbocycles. The Kier molecular flexibility index (Phi) is 4.04. The molecule has 138 valence electrons. The van der Waals surface area contributed by atoms with Crippen LogP contribution in [-0.2, 0) is 13.6 Å². The SMILES string of the molecule is COc1ccc(C2C[C@H]3CC[C@@H](C2)N3Cc2cnn(C)c2C2CC2)cc1. The van der Waals surface area contributed by atoms with Gasteiger partial charge in [0.2, 0.25) is 0 Å². The smallest absolute Gasteiger partial charge is 0.118 e. The first-order valence-electron chi connectivity index (χ1n) is 10.1. The van der Waals surface area contributed by atoms with Gasteiger partial charge in [-0.25, -0.2) is 0 Å². The Morgan fingerprint density at radius 1 is 1.00 bits per heavy atom. The third-order valence-electron chi connectivity index (χ3n) is 6.85. The van der Waals surface area contributed by atoms with Crippen molar-refractivity contribution in [3.63, 3.8) is 0 Å². The Morgan fingerprint density at radius 2 is 1.69 bits per heavy atom. The van der Waals surface area contributed by atoms with Crippen LogP contribution in [0.25, 0.3) is 0 Å². The van der Waals surface area contributed by atoms with Crippen molar-refractivity contribution in [1.82, 2.24) is 14.7 Å². The maximum atomic E-state index is 5.32. The van der Waals surface area contributed by atoms with Crippen LogP contribution in [0.3, 0.4) is 0 Å². The normalized spacial score (nSPS) is 28.5. The number of nitrogens with zero attached hydrogens (tertiary/aromatic N) is 3. The molecule has 2 aromatic rings. The lowest BCUT2D eigenvalue weighted by Gasteiger charge is -2.39. The molecule has 0 radical (unpaired) electrons. The molecular formula is C22H29N3O. The fourth-order valence-electron chi connectivity index (χ4n) is 5.37. The van der Waals surface area contributed by atoms with Crippen LogP contribution in [0.4, 0.5) is 0 Å². The summed E-state index contributed by atoms with van der Waals surface area (Å²) in [5.74, 6) is 2.43. The van der Waals surface area contributed by atoms with E-state index in [4.69, 9.17) is 4.74 Å². The number of aryl methyl sites for hydroxylation is 1. The largest absolute Gasteiger partial charge is 0.497 e. The van der Waals surface area contributed by atoms with Crippen molar-refractivity contribution in [1.29, 1.82) is 0 Å². The minimum atomic E-state index is 0.700. The van der Waals surface area contributed by atoms with Gasteiger partial charge in [-0.2, -0.15) is 5.10 Å². The number of rotatable bonds is 5. The molecule has 0 N–H and O–H groups in total. The van der Waals surface area contributed by atoms with Gasteiger partial charge in [0, 0.05) is 42.9 Å². The van der Waals surface area contributed by atoms with Crippen LogP contribution in [-0.4, -0.2) is 33.9 Å². The number of methoxy groups -OCH3 is 1. The van der Waals surface area contributed by atoms with Crippen molar-refractivity contribution in [3.05, 3.63) is 47.3 Å². The van der Waals surface area contributed by atoms with E-state index in [1.54, 1.807) is 7.11 Å². The summed E-state index contributed by atoms with van der Waals surface area (Å²) < 4.78 is 7.44. The number of benzene rings is 1. The maximum absolute atomic E-state index is 5.32. The van der Waals surface area contributed by atoms with E-state index in [-0.39, 0.29) is 0 Å². The predicted octanol–water partition coefficient (Wildman–Crippen LogP) is 4.22. The van der Waals surface area contributed by atoms with Crippen LogP contribution >= 0.6 is 0 Å². The summed E-state index contributed by atoms with van der Waals surface area (Å²) >= 11 is 0. The van der Waals surface area contributed by atoms with Gasteiger partial charge in [0.15, 0.2) is 0 Å². The second kappa shape index (κ2) is 6.41. The molecule has 2 bridgehead atoms. The van der Waals surface area contributed by atoms with Crippen LogP contribution in [0.2, 0.25) is 0 Å². The molecule has 4 nitrogen and oxygen atoms in total. The predicted molar refractivity (Wildman–Crippen MR) is 103 cm³/mol. The van der Waals surface area contributed by atoms with E-state index in [1.165, 1.54) is 55.3 Å². The van der Waals surface area contributed by atoms with E-state index in [9.17, 15) is 0 Å². The van der Waals surface area contributed by atoms with Crippen LogP contribution in [0.15, 0.2) is 30.5 Å². The highest BCUT2D eigenvalue weighted by molar-refractivity contribution is 5.31. The lowest BCUT2D eigenvalue weighted by Crippen LogP contribution is -2.41. The molecule has 1 saturated carbocycles. The molecule has 3 aliphatic rings. The Bertz CT molecular complexity index is 763. The zero-order valence-electron chi connectivity index (χ0n) is 15.9. The summed E-state index contributed by atoms with van der Waals surface area (Å²) in [4.78, 5) is 2.79. The highest BCUT2D eigenvalue weighted by Gasteiger charge is 2.41. The van der Waals surface area contributed by atoms with Crippen molar-refractivity contribution >= 4 is 0 Å². The van der Waals surface area contributed by atoms with Gasteiger partial charge in [-0.15, -0.1) is 0 Å². The highest BCUT2D eigenvalue weighted by atomic mass is 16.5. The molecule has 1 aliphatic carbocycles.